The van der Waals surface area contributed by atoms with E-state index in [1.54, 1.807) is 6.07 Å². The Bertz CT molecular complexity index is 580. The minimum atomic E-state index is -1.01. The van der Waals surface area contributed by atoms with Crippen LogP contribution in [0.15, 0.2) is 34.9 Å². The number of furan rings is 1. The van der Waals surface area contributed by atoms with Crippen LogP contribution in [0.3, 0.4) is 0 Å². The van der Waals surface area contributed by atoms with Crippen molar-refractivity contribution < 1.29 is 19.4 Å². The number of para-hydroxylation sites is 1. The first-order chi connectivity index (χ1) is 8.15. The van der Waals surface area contributed by atoms with Crippen molar-refractivity contribution in [3.63, 3.8) is 0 Å². The molecular weight excluding hydrogens is 220 g/mol. The summed E-state index contributed by atoms with van der Waals surface area (Å²) in [6.45, 7) is 0. The fourth-order valence-corrected chi connectivity index (χ4v) is 2.25. The van der Waals surface area contributed by atoms with Crippen LogP contribution in [0.2, 0.25) is 0 Å². The Morgan fingerprint density at radius 2 is 2.06 bits per heavy atom. The number of aliphatic hydroxyl groups is 1. The van der Waals surface area contributed by atoms with Crippen LogP contribution in [0.1, 0.15) is 24.5 Å². The molecule has 2 aromatic rings. The molecule has 4 heteroatoms. The van der Waals surface area contributed by atoms with Gasteiger partial charge in [0.1, 0.15) is 5.58 Å². The molecular formula is C13H12O4. The molecule has 1 aromatic heterocycles. The van der Waals surface area contributed by atoms with E-state index in [9.17, 15) is 9.90 Å². The fraction of sp³-hybridized carbons (Fsp3) is 0.308. The number of hydrogen-bond donors (Lipinski definition) is 2. The lowest BCUT2D eigenvalue weighted by molar-refractivity contribution is -0.148. The van der Waals surface area contributed by atoms with Gasteiger partial charge in [-0.05, 0) is 18.9 Å². The zero-order valence-corrected chi connectivity index (χ0v) is 9.09. The molecule has 88 valence electrons. The fourth-order valence-electron chi connectivity index (χ4n) is 2.25. The van der Waals surface area contributed by atoms with Crippen molar-refractivity contribution in [2.24, 2.45) is 5.41 Å². The number of benzene rings is 1. The zero-order chi connectivity index (χ0) is 12.0. The molecule has 3 rings (SSSR count). The molecule has 0 bridgehead atoms. The molecule has 0 radical (unpaired) electrons. The molecule has 0 spiro atoms. The lowest BCUT2D eigenvalue weighted by Crippen LogP contribution is -2.23. The van der Waals surface area contributed by atoms with Crippen LogP contribution >= 0.6 is 0 Å². The van der Waals surface area contributed by atoms with Gasteiger partial charge in [0.15, 0.2) is 0 Å². The highest BCUT2D eigenvalue weighted by molar-refractivity contribution is 5.84. The summed E-state index contributed by atoms with van der Waals surface area (Å²) in [5.41, 5.74) is 0.232. The molecule has 1 unspecified atom stereocenters. The summed E-state index contributed by atoms with van der Waals surface area (Å²) in [4.78, 5) is 11.2. The Hall–Kier alpha value is -1.81. The number of rotatable bonds is 3. The summed E-state index contributed by atoms with van der Waals surface area (Å²) in [5, 5.41) is 20.2. The minimum Gasteiger partial charge on any atom is -0.481 e. The second-order valence-electron chi connectivity index (χ2n) is 4.55. The number of hydrogen-bond acceptors (Lipinski definition) is 3. The monoisotopic (exact) mass is 232 g/mol. The van der Waals surface area contributed by atoms with E-state index in [0.29, 0.717) is 24.0 Å². The van der Waals surface area contributed by atoms with Crippen LogP contribution in [0.5, 0.6) is 0 Å². The zero-order valence-electron chi connectivity index (χ0n) is 9.09. The van der Waals surface area contributed by atoms with Gasteiger partial charge in [-0.3, -0.25) is 4.79 Å². The van der Waals surface area contributed by atoms with Crippen LogP contribution in [-0.2, 0) is 4.79 Å². The Morgan fingerprint density at radius 1 is 1.35 bits per heavy atom. The van der Waals surface area contributed by atoms with Crippen LogP contribution in [0.4, 0.5) is 0 Å². The molecule has 0 aliphatic heterocycles. The summed E-state index contributed by atoms with van der Waals surface area (Å²) in [7, 11) is 0. The Balaban J connectivity index is 2.07. The number of carbonyl (C=O) groups is 1. The second-order valence-corrected chi connectivity index (χ2v) is 4.55. The summed E-state index contributed by atoms with van der Waals surface area (Å²) in [6, 6.07) is 7.31. The quantitative estimate of drug-likeness (QED) is 0.852. The van der Waals surface area contributed by atoms with Gasteiger partial charge in [-0.1, -0.05) is 18.2 Å². The highest BCUT2D eigenvalue weighted by Gasteiger charge is 2.57. The van der Waals surface area contributed by atoms with Crippen molar-refractivity contribution in [1.82, 2.24) is 0 Å². The van der Waals surface area contributed by atoms with Gasteiger partial charge >= 0.3 is 5.97 Å². The largest absolute Gasteiger partial charge is 0.481 e. The molecule has 1 aliphatic carbocycles. The number of fused-ring (bicyclic) bond motifs is 1. The van der Waals surface area contributed by atoms with Crippen molar-refractivity contribution in [1.29, 1.82) is 0 Å². The summed E-state index contributed by atoms with van der Waals surface area (Å²) in [5.74, 6) is -0.935. The maximum atomic E-state index is 11.2. The van der Waals surface area contributed by atoms with Gasteiger partial charge in [0.25, 0.3) is 0 Å². The molecule has 0 saturated heterocycles. The molecule has 1 fully saturated rings. The molecule has 1 atom stereocenters. The SMILES string of the molecule is O=C(O)C1(C(O)c2coc3ccccc23)CC1. The molecule has 4 nitrogen and oxygen atoms in total. The number of carboxylic acids is 1. The van der Waals surface area contributed by atoms with Crippen molar-refractivity contribution >= 4 is 16.9 Å². The second kappa shape index (κ2) is 3.34. The molecule has 1 saturated carbocycles. The Morgan fingerprint density at radius 3 is 2.71 bits per heavy atom. The predicted octanol–water partition coefficient (Wildman–Crippen LogP) is 2.33. The van der Waals surface area contributed by atoms with E-state index in [0.717, 1.165) is 5.39 Å². The molecule has 1 aromatic carbocycles. The standard InChI is InChI=1S/C13H12O4/c14-11(13(5-6-13)12(15)16)9-7-17-10-4-2-1-3-8(9)10/h1-4,7,11,14H,5-6H2,(H,15,16). The molecule has 0 amide bonds. The van der Waals surface area contributed by atoms with E-state index in [2.05, 4.69) is 0 Å². The first-order valence-electron chi connectivity index (χ1n) is 5.53. The lowest BCUT2D eigenvalue weighted by Gasteiger charge is -2.16. The highest BCUT2D eigenvalue weighted by Crippen LogP contribution is 2.56. The summed E-state index contributed by atoms with van der Waals surface area (Å²) in [6.07, 6.45) is 1.49. The molecule has 1 aliphatic rings. The average Bonchev–Trinajstić information content (AvgIpc) is 3.03. The van der Waals surface area contributed by atoms with Gasteiger partial charge in [0.05, 0.1) is 17.8 Å². The van der Waals surface area contributed by atoms with Crippen molar-refractivity contribution in [2.75, 3.05) is 0 Å². The summed E-state index contributed by atoms with van der Waals surface area (Å²) < 4.78 is 5.32. The third kappa shape index (κ3) is 1.37. The number of carboxylic acid groups (broad SMARTS) is 1. The maximum absolute atomic E-state index is 11.2. The summed E-state index contributed by atoms with van der Waals surface area (Å²) >= 11 is 0. The first-order valence-corrected chi connectivity index (χ1v) is 5.53. The van der Waals surface area contributed by atoms with E-state index < -0.39 is 17.5 Å². The predicted molar refractivity (Wildman–Crippen MR) is 60.5 cm³/mol. The molecule has 1 heterocycles. The van der Waals surface area contributed by atoms with E-state index in [1.165, 1.54) is 6.26 Å². The maximum Gasteiger partial charge on any atom is 0.312 e. The van der Waals surface area contributed by atoms with E-state index in [-0.39, 0.29) is 0 Å². The third-order valence-corrected chi connectivity index (χ3v) is 3.54. The van der Waals surface area contributed by atoms with E-state index in [1.807, 2.05) is 18.2 Å². The minimum absolute atomic E-state index is 0.517. The van der Waals surface area contributed by atoms with Gasteiger partial charge in [0, 0.05) is 10.9 Å². The van der Waals surface area contributed by atoms with Gasteiger partial charge in [-0.15, -0.1) is 0 Å². The van der Waals surface area contributed by atoms with Gasteiger partial charge in [-0.25, -0.2) is 0 Å². The average molecular weight is 232 g/mol. The van der Waals surface area contributed by atoms with Crippen LogP contribution in [0, 0.1) is 5.41 Å². The molecule has 17 heavy (non-hydrogen) atoms. The van der Waals surface area contributed by atoms with Crippen LogP contribution in [0.25, 0.3) is 11.0 Å². The van der Waals surface area contributed by atoms with Gasteiger partial charge < -0.3 is 14.6 Å². The smallest absolute Gasteiger partial charge is 0.312 e. The van der Waals surface area contributed by atoms with Crippen molar-refractivity contribution in [3.05, 3.63) is 36.1 Å². The van der Waals surface area contributed by atoms with Crippen LogP contribution < -0.4 is 0 Å². The number of aliphatic hydroxyl groups excluding tert-OH is 1. The topological polar surface area (TPSA) is 70.7 Å². The first kappa shape index (κ1) is 10.4. The number of aliphatic carboxylic acids is 1. The van der Waals surface area contributed by atoms with Gasteiger partial charge in [0.2, 0.25) is 0 Å². The van der Waals surface area contributed by atoms with E-state index >= 15 is 0 Å². The Labute approximate surface area is 97.5 Å². The normalized spacial score (nSPS) is 19.1. The third-order valence-electron chi connectivity index (χ3n) is 3.54. The van der Waals surface area contributed by atoms with Crippen molar-refractivity contribution in [2.45, 2.75) is 18.9 Å². The van der Waals surface area contributed by atoms with Crippen molar-refractivity contribution in [3.8, 4) is 0 Å². The lowest BCUT2D eigenvalue weighted by atomic mass is 9.93. The molecule has 2 N–H and O–H groups in total. The van der Waals surface area contributed by atoms with E-state index in [4.69, 9.17) is 9.52 Å². The Kier molecular flexibility index (Phi) is 2.03. The van der Waals surface area contributed by atoms with Gasteiger partial charge in [-0.2, -0.15) is 0 Å². The highest BCUT2D eigenvalue weighted by atomic mass is 16.4. The van der Waals surface area contributed by atoms with Crippen LogP contribution in [-0.4, -0.2) is 16.2 Å².